The van der Waals surface area contributed by atoms with E-state index in [9.17, 15) is 0 Å². The molecule has 94 valence electrons. The van der Waals surface area contributed by atoms with Crippen molar-refractivity contribution in [2.45, 2.75) is 26.8 Å². The van der Waals surface area contributed by atoms with Crippen molar-refractivity contribution < 1.29 is 4.74 Å². The lowest BCUT2D eigenvalue weighted by molar-refractivity contribution is 0.336. The van der Waals surface area contributed by atoms with E-state index in [1.165, 1.54) is 0 Å². The Morgan fingerprint density at radius 1 is 1.53 bits per heavy atom. The summed E-state index contributed by atoms with van der Waals surface area (Å²) in [5.41, 5.74) is 0.968. The van der Waals surface area contributed by atoms with Crippen molar-refractivity contribution in [1.29, 1.82) is 0 Å². The topological polar surface area (TPSA) is 37.4 Å². The van der Waals surface area contributed by atoms with Crippen LogP contribution in [0.15, 0.2) is 12.1 Å². The summed E-state index contributed by atoms with van der Waals surface area (Å²) in [5.74, 6) is 1.94. The molecule has 4 heteroatoms. The van der Waals surface area contributed by atoms with Gasteiger partial charge in [-0.25, -0.2) is 4.98 Å². The summed E-state index contributed by atoms with van der Waals surface area (Å²) in [6, 6.07) is 4.60. The van der Waals surface area contributed by atoms with Crippen molar-refractivity contribution in [2.24, 2.45) is 0 Å². The quantitative estimate of drug-likeness (QED) is 0.863. The fourth-order valence-electron chi connectivity index (χ4n) is 2.16. The molecule has 0 bridgehead atoms. The lowest BCUT2D eigenvalue weighted by atomic mass is 10.2. The Labute approximate surface area is 103 Å². The third-order valence-corrected chi connectivity index (χ3v) is 3.02. The highest BCUT2D eigenvalue weighted by molar-refractivity contribution is 5.44. The molecule has 0 radical (unpaired) electrons. The van der Waals surface area contributed by atoms with Crippen LogP contribution < -0.4 is 15.0 Å². The highest BCUT2D eigenvalue weighted by Crippen LogP contribution is 2.21. The fraction of sp³-hybridized carbons (Fsp3) is 0.615. The zero-order valence-electron chi connectivity index (χ0n) is 10.9. The van der Waals surface area contributed by atoms with Crippen molar-refractivity contribution in [3.63, 3.8) is 0 Å². The molecule has 1 N–H and O–H groups in total. The van der Waals surface area contributed by atoms with Gasteiger partial charge in [-0.05, 0) is 32.9 Å². The summed E-state index contributed by atoms with van der Waals surface area (Å²) in [6.45, 7) is 9.94. The second-order valence-corrected chi connectivity index (χ2v) is 4.49. The monoisotopic (exact) mass is 235 g/mol. The van der Waals surface area contributed by atoms with Gasteiger partial charge in [0, 0.05) is 25.7 Å². The van der Waals surface area contributed by atoms with Gasteiger partial charge >= 0.3 is 0 Å². The van der Waals surface area contributed by atoms with Crippen LogP contribution in [0.3, 0.4) is 0 Å². The second-order valence-electron chi connectivity index (χ2n) is 4.49. The predicted octanol–water partition coefficient (Wildman–Crippen LogP) is 1.59. The molecule has 0 saturated carbocycles. The molecule has 2 rings (SSSR count). The Balaban J connectivity index is 2.13. The third kappa shape index (κ3) is 2.88. The third-order valence-electron chi connectivity index (χ3n) is 3.02. The minimum Gasteiger partial charge on any atom is -0.492 e. The lowest BCUT2D eigenvalue weighted by Crippen LogP contribution is -2.49. The fourth-order valence-corrected chi connectivity index (χ4v) is 2.16. The highest BCUT2D eigenvalue weighted by atomic mass is 16.5. The number of ether oxygens (including phenoxy) is 1. The molecule has 1 fully saturated rings. The minimum absolute atomic E-state index is 0.525. The smallest absolute Gasteiger partial charge is 0.140 e. The maximum Gasteiger partial charge on any atom is 0.140 e. The van der Waals surface area contributed by atoms with Gasteiger partial charge in [-0.2, -0.15) is 0 Å². The van der Waals surface area contributed by atoms with E-state index in [0.717, 1.165) is 36.9 Å². The predicted molar refractivity (Wildman–Crippen MR) is 69.8 cm³/mol. The lowest BCUT2D eigenvalue weighted by Gasteiger charge is -2.33. The van der Waals surface area contributed by atoms with Gasteiger partial charge in [-0.1, -0.05) is 0 Å². The maximum absolute atomic E-state index is 5.51. The van der Waals surface area contributed by atoms with Crippen molar-refractivity contribution in [2.75, 3.05) is 31.1 Å². The van der Waals surface area contributed by atoms with Gasteiger partial charge in [-0.3, -0.25) is 0 Å². The Morgan fingerprint density at radius 3 is 3.00 bits per heavy atom. The first-order valence-corrected chi connectivity index (χ1v) is 6.29. The first-order chi connectivity index (χ1) is 8.20. The Morgan fingerprint density at radius 2 is 2.35 bits per heavy atom. The van der Waals surface area contributed by atoms with Crippen LogP contribution in [0.5, 0.6) is 5.75 Å². The van der Waals surface area contributed by atoms with Crippen LogP contribution in [0.2, 0.25) is 0 Å². The number of nitrogens with one attached hydrogen (secondary N) is 1. The molecular weight excluding hydrogens is 214 g/mol. The average Bonchev–Trinajstić information content (AvgIpc) is 2.32. The summed E-state index contributed by atoms with van der Waals surface area (Å²) in [6.07, 6.45) is 0. The molecular formula is C13H21N3O. The normalized spacial score (nSPS) is 20.4. The number of anilines is 1. The van der Waals surface area contributed by atoms with Crippen molar-refractivity contribution >= 4 is 5.82 Å². The van der Waals surface area contributed by atoms with Gasteiger partial charge in [0.15, 0.2) is 0 Å². The van der Waals surface area contributed by atoms with Crippen LogP contribution in [-0.2, 0) is 0 Å². The van der Waals surface area contributed by atoms with E-state index < -0.39 is 0 Å². The van der Waals surface area contributed by atoms with E-state index in [-0.39, 0.29) is 0 Å². The SMILES string of the molecule is CCOc1ccc(N2CCN[C@H](C)C2)nc1C. The molecule has 17 heavy (non-hydrogen) atoms. The molecule has 0 amide bonds. The number of aromatic nitrogens is 1. The average molecular weight is 235 g/mol. The number of hydrogen-bond donors (Lipinski definition) is 1. The molecule has 1 aliphatic rings. The first-order valence-electron chi connectivity index (χ1n) is 6.29. The van der Waals surface area contributed by atoms with Gasteiger partial charge in [0.1, 0.15) is 11.6 Å². The zero-order valence-corrected chi connectivity index (χ0v) is 10.9. The summed E-state index contributed by atoms with van der Waals surface area (Å²) in [5, 5.41) is 3.43. The molecule has 1 atom stereocenters. The van der Waals surface area contributed by atoms with Gasteiger partial charge in [-0.15, -0.1) is 0 Å². The van der Waals surface area contributed by atoms with Crippen molar-refractivity contribution in [3.05, 3.63) is 17.8 Å². The van der Waals surface area contributed by atoms with E-state index in [4.69, 9.17) is 4.74 Å². The Hall–Kier alpha value is -1.29. The van der Waals surface area contributed by atoms with E-state index in [1.54, 1.807) is 0 Å². The minimum atomic E-state index is 0.525. The number of aryl methyl sites for hydroxylation is 1. The Kier molecular flexibility index (Phi) is 3.84. The molecule has 0 unspecified atom stereocenters. The zero-order chi connectivity index (χ0) is 12.3. The van der Waals surface area contributed by atoms with E-state index in [2.05, 4.69) is 28.2 Å². The van der Waals surface area contributed by atoms with Gasteiger partial charge in [0.2, 0.25) is 0 Å². The van der Waals surface area contributed by atoms with Gasteiger partial charge < -0.3 is 15.0 Å². The molecule has 1 aliphatic heterocycles. The largest absolute Gasteiger partial charge is 0.492 e. The number of nitrogens with zero attached hydrogens (tertiary/aromatic N) is 2. The van der Waals surface area contributed by atoms with Gasteiger partial charge in [0.05, 0.1) is 12.3 Å². The van der Waals surface area contributed by atoms with E-state index in [0.29, 0.717) is 12.6 Å². The molecule has 0 spiro atoms. The molecule has 0 aliphatic carbocycles. The van der Waals surface area contributed by atoms with E-state index in [1.807, 2.05) is 19.9 Å². The van der Waals surface area contributed by atoms with Crippen LogP contribution >= 0.6 is 0 Å². The van der Waals surface area contributed by atoms with Crippen LogP contribution in [0.1, 0.15) is 19.5 Å². The second kappa shape index (κ2) is 5.36. The van der Waals surface area contributed by atoms with Crippen LogP contribution in [0.25, 0.3) is 0 Å². The summed E-state index contributed by atoms with van der Waals surface area (Å²) >= 11 is 0. The van der Waals surface area contributed by atoms with E-state index >= 15 is 0 Å². The highest BCUT2D eigenvalue weighted by Gasteiger charge is 2.17. The molecule has 1 saturated heterocycles. The molecule has 1 aromatic heterocycles. The molecule has 0 aromatic carbocycles. The molecule has 4 nitrogen and oxygen atoms in total. The maximum atomic E-state index is 5.51. The number of piperazine rings is 1. The number of pyridine rings is 1. The number of rotatable bonds is 3. The van der Waals surface area contributed by atoms with Crippen LogP contribution in [0.4, 0.5) is 5.82 Å². The molecule has 2 heterocycles. The van der Waals surface area contributed by atoms with Crippen molar-refractivity contribution in [3.8, 4) is 5.75 Å². The summed E-state index contributed by atoms with van der Waals surface area (Å²) in [7, 11) is 0. The van der Waals surface area contributed by atoms with Crippen LogP contribution in [0, 0.1) is 6.92 Å². The summed E-state index contributed by atoms with van der Waals surface area (Å²) < 4.78 is 5.51. The van der Waals surface area contributed by atoms with Gasteiger partial charge in [0.25, 0.3) is 0 Å². The van der Waals surface area contributed by atoms with Crippen LogP contribution in [-0.4, -0.2) is 37.3 Å². The Bertz CT molecular complexity index is 381. The standard InChI is InChI=1S/C13H21N3O/c1-4-17-12-5-6-13(15-11(12)3)16-8-7-14-10(2)9-16/h5-6,10,14H,4,7-9H2,1-3H3/t10-/m1/s1. The first kappa shape index (κ1) is 12.2. The molecule has 1 aromatic rings. The number of hydrogen-bond acceptors (Lipinski definition) is 4. The summed E-state index contributed by atoms with van der Waals surface area (Å²) in [4.78, 5) is 6.95. The van der Waals surface area contributed by atoms with Crippen molar-refractivity contribution in [1.82, 2.24) is 10.3 Å².